The van der Waals surface area contributed by atoms with Crippen molar-refractivity contribution in [2.45, 2.75) is 26.3 Å². The summed E-state index contributed by atoms with van der Waals surface area (Å²) in [5, 5.41) is 8.69. The summed E-state index contributed by atoms with van der Waals surface area (Å²) in [5.41, 5.74) is 6.10. The normalized spacial score (nSPS) is 11.4. The average molecular weight is 264 g/mol. The van der Waals surface area contributed by atoms with Crippen molar-refractivity contribution in [1.29, 1.82) is 0 Å². The number of carboxylic acid groups (broad SMARTS) is 1. The second kappa shape index (κ2) is 5.21. The lowest BCUT2D eigenvalue weighted by atomic mass is 10.0. The van der Waals surface area contributed by atoms with Gasteiger partial charge in [0.1, 0.15) is 0 Å². The Hall–Kier alpha value is -1.83. The van der Waals surface area contributed by atoms with Crippen LogP contribution in [-0.4, -0.2) is 22.4 Å². The van der Waals surface area contributed by atoms with Crippen molar-refractivity contribution in [3.63, 3.8) is 0 Å². The van der Waals surface area contributed by atoms with Crippen LogP contribution in [0.2, 0.25) is 0 Å². The molecule has 0 spiro atoms. The third-order valence-electron chi connectivity index (χ3n) is 2.17. The fourth-order valence-electron chi connectivity index (χ4n) is 1.48. The van der Waals surface area contributed by atoms with Gasteiger partial charge >= 0.3 is 12.3 Å². The van der Waals surface area contributed by atoms with Crippen LogP contribution >= 0.6 is 0 Å². The molecule has 0 radical (unpaired) electrons. The zero-order valence-corrected chi connectivity index (χ0v) is 9.41. The van der Waals surface area contributed by atoms with Gasteiger partial charge in [-0.05, 0) is 18.1 Å². The Morgan fingerprint density at radius 3 is 2.61 bits per heavy atom. The van der Waals surface area contributed by atoms with Gasteiger partial charge in [0.25, 0.3) is 0 Å². The number of aryl methyl sites for hydroxylation is 1. The Balaban J connectivity index is 3.14. The summed E-state index contributed by atoms with van der Waals surface area (Å²) in [4.78, 5) is 14.2. The fraction of sp³-hybridized carbons (Fsp3) is 0.400. The maximum absolute atomic E-state index is 12.0. The Bertz CT molecular complexity index is 460. The predicted molar refractivity (Wildman–Crippen MR) is 54.9 cm³/mol. The number of hydrogen-bond acceptors (Lipinski definition) is 4. The third-order valence-corrected chi connectivity index (χ3v) is 2.17. The molecular formula is C10H11F3N2O3. The molecule has 0 aliphatic rings. The number of hydrogen-bond donors (Lipinski definition) is 2. The van der Waals surface area contributed by atoms with Crippen LogP contribution in [-0.2, 0) is 17.8 Å². The van der Waals surface area contributed by atoms with Gasteiger partial charge in [0.15, 0.2) is 0 Å². The van der Waals surface area contributed by atoms with Crippen LogP contribution < -0.4 is 10.5 Å². The zero-order chi connectivity index (χ0) is 13.9. The van der Waals surface area contributed by atoms with Crippen molar-refractivity contribution in [2.24, 2.45) is 5.73 Å². The lowest BCUT2D eigenvalue weighted by Gasteiger charge is -2.13. The van der Waals surface area contributed by atoms with Crippen molar-refractivity contribution in [2.75, 3.05) is 0 Å². The van der Waals surface area contributed by atoms with E-state index >= 15 is 0 Å². The quantitative estimate of drug-likeness (QED) is 0.857. The van der Waals surface area contributed by atoms with Crippen LogP contribution in [0.15, 0.2) is 6.07 Å². The lowest BCUT2D eigenvalue weighted by Crippen LogP contribution is -2.19. The first-order valence-electron chi connectivity index (χ1n) is 4.90. The standard InChI is InChI=1S/C10H11F3N2O3/c1-5-7(3-9(16)17)6(4-14)2-8(15-5)18-10(11,12)13/h2H,3-4,14H2,1H3,(H,16,17). The molecule has 0 aliphatic carbocycles. The lowest BCUT2D eigenvalue weighted by molar-refractivity contribution is -0.276. The topological polar surface area (TPSA) is 85.4 Å². The minimum atomic E-state index is -4.85. The van der Waals surface area contributed by atoms with Crippen molar-refractivity contribution >= 4 is 5.97 Å². The number of carboxylic acids is 1. The van der Waals surface area contributed by atoms with Crippen LogP contribution in [0.5, 0.6) is 5.88 Å². The Morgan fingerprint density at radius 1 is 1.56 bits per heavy atom. The summed E-state index contributed by atoms with van der Waals surface area (Å²) in [6.07, 6.45) is -5.20. The van der Waals surface area contributed by atoms with Crippen LogP contribution in [0.25, 0.3) is 0 Å². The minimum Gasteiger partial charge on any atom is -0.481 e. The van der Waals surface area contributed by atoms with E-state index in [1.54, 1.807) is 0 Å². The molecule has 5 nitrogen and oxygen atoms in total. The second-order valence-electron chi connectivity index (χ2n) is 3.51. The largest absolute Gasteiger partial charge is 0.574 e. The van der Waals surface area contributed by atoms with E-state index < -0.39 is 18.2 Å². The van der Waals surface area contributed by atoms with E-state index in [0.29, 0.717) is 5.56 Å². The molecule has 8 heteroatoms. The highest BCUT2D eigenvalue weighted by Crippen LogP contribution is 2.24. The maximum Gasteiger partial charge on any atom is 0.574 e. The Morgan fingerprint density at radius 2 is 2.17 bits per heavy atom. The molecule has 3 N–H and O–H groups in total. The molecule has 0 fully saturated rings. The first kappa shape index (κ1) is 14.2. The number of ether oxygens (including phenoxy) is 1. The van der Waals surface area contributed by atoms with Crippen LogP contribution in [0.3, 0.4) is 0 Å². The van der Waals surface area contributed by atoms with E-state index in [1.807, 2.05) is 0 Å². The molecule has 0 saturated heterocycles. The number of halogens is 3. The summed E-state index contributed by atoms with van der Waals surface area (Å²) in [6.45, 7) is 1.31. The van der Waals surface area contributed by atoms with Gasteiger partial charge < -0.3 is 15.6 Å². The van der Waals surface area contributed by atoms with Crippen molar-refractivity contribution < 1.29 is 27.8 Å². The van der Waals surface area contributed by atoms with Crippen molar-refractivity contribution in [3.8, 4) is 5.88 Å². The molecule has 0 unspecified atom stereocenters. The molecule has 0 aliphatic heterocycles. The highest BCUT2D eigenvalue weighted by Gasteiger charge is 2.32. The number of alkyl halides is 3. The van der Waals surface area contributed by atoms with E-state index in [4.69, 9.17) is 10.8 Å². The highest BCUT2D eigenvalue weighted by atomic mass is 19.4. The van der Waals surface area contributed by atoms with Gasteiger partial charge in [-0.2, -0.15) is 0 Å². The Kier molecular flexibility index (Phi) is 4.12. The maximum atomic E-state index is 12.0. The van der Waals surface area contributed by atoms with E-state index in [1.165, 1.54) is 6.92 Å². The van der Waals surface area contributed by atoms with Crippen molar-refractivity contribution in [3.05, 3.63) is 22.9 Å². The Labute approximate surface area is 100 Å². The van der Waals surface area contributed by atoms with Gasteiger partial charge in [0.2, 0.25) is 5.88 Å². The van der Waals surface area contributed by atoms with Gasteiger partial charge in [-0.15, -0.1) is 13.2 Å². The molecule has 1 rings (SSSR count). The molecule has 0 bridgehead atoms. The number of nitrogens with zero attached hydrogens (tertiary/aromatic N) is 1. The summed E-state index contributed by atoms with van der Waals surface area (Å²) in [7, 11) is 0. The van der Waals surface area contributed by atoms with Crippen LogP contribution in [0.1, 0.15) is 16.8 Å². The smallest absolute Gasteiger partial charge is 0.481 e. The van der Waals surface area contributed by atoms with Gasteiger partial charge in [-0.25, -0.2) is 4.98 Å². The molecule has 100 valence electrons. The zero-order valence-electron chi connectivity index (χ0n) is 9.41. The first-order chi connectivity index (χ1) is 8.23. The SMILES string of the molecule is Cc1nc(OC(F)(F)F)cc(CN)c1CC(=O)O. The molecule has 0 aromatic carbocycles. The number of aliphatic carboxylic acids is 1. The number of rotatable bonds is 4. The van der Waals surface area contributed by atoms with E-state index in [9.17, 15) is 18.0 Å². The number of pyridine rings is 1. The number of carbonyl (C=O) groups is 1. The average Bonchev–Trinajstić information content (AvgIpc) is 2.18. The first-order valence-corrected chi connectivity index (χ1v) is 4.90. The van der Waals surface area contributed by atoms with E-state index in [2.05, 4.69) is 9.72 Å². The molecule has 1 aromatic heterocycles. The summed E-state index contributed by atoms with van der Waals surface area (Å²) in [5.74, 6) is -1.76. The van der Waals surface area contributed by atoms with Gasteiger partial charge in [0, 0.05) is 18.3 Å². The number of aromatic nitrogens is 1. The molecule has 0 amide bonds. The van der Waals surface area contributed by atoms with E-state index in [-0.39, 0.29) is 24.2 Å². The predicted octanol–water partition coefficient (Wildman–Crippen LogP) is 1.37. The van der Waals surface area contributed by atoms with Crippen molar-refractivity contribution in [1.82, 2.24) is 4.98 Å². The monoisotopic (exact) mass is 264 g/mol. The van der Waals surface area contributed by atoms with Gasteiger partial charge in [-0.3, -0.25) is 4.79 Å². The van der Waals surface area contributed by atoms with Gasteiger partial charge in [-0.1, -0.05) is 0 Å². The molecular weight excluding hydrogens is 253 g/mol. The fourth-order valence-corrected chi connectivity index (χ4v) is 1.48. The molecule has 1 aromatic rings. The molecule has 18 heavy (non-hydrogen) atoms. The third kappa shape index (κ3) is 3.88. The molecule has 1 heterocycles. The minimum absolute atomic E-state index is 0.0970. The summed E-state index contributed by atoms with van der Waals surface area (Å²) >= 11 is 0. The number of nitrogens with two attached hydrogens (primary N) is 1. The van der Waals surface area contributed by atoms with Crippen LogP contribution in [0, 0.1) is 6.92 Å². The molecule has 0 atom stereocenters. The highest BCUT2D eigenvalue weighted by molar-refractivity contribution is 5.71. The molecule has 0 saturated carbocycles. The second-order valence-corrected chi connectivity index (χ2v) is 3.51. The summed E-state index contributed by atoms with van der Waals surface area (Å²) in [6, 6.07) is 0.999. The van der Waals surface area contributed by atoms with E-state index in [0.717, 1.165) is 6.07 Å². The van der Waals surface area contributed by atoms with Crippen LogP contribution in [0.4, 0.5) is 13.2 Å². The van der Waals surface area contributed by atoms with Gasteiger partial charge in [0.05, 0.1) is 6.42 Å². The summed E-state index contributed by atoms with van der Waals surface area (Å²) < 4.78 is 39.8.